The van der Waals surface area contributed by atoms with E-state index in [2.05, 4.69) is 26.3 Å². The van der Waals surface area contributed by atoms with Crippen molar-refractivity contribution in [2.24, 2.45) is 0 Å². The Morgan fingerprint density at radius 2 is 1.96 bits per heavy atom. The highest BCUT2D eigenvalue weighted by Crippen LogP contribution is 2.32. The van der Waals surface area contributed by atoms with Crippen molar-refractivity contribution in [2.45, 2.75) is 25.3 Å². The fourth-order valence-corrected chi connectivity index (χ4v) is 3.89. The smallest absolute Gasteiger partial charge is 0.234 e. The minimum atomic E-state index is -0.640. The number of rotatable bonds is 5. The van der Waals surface area contributed by atoms with Crippen LogP contribution in [0.25, 0.3) is 11.0 Å². The first kappa shape index (κ1) is 18.6. The quantitative estimate of drug-likeness (QED) is 0.709. The molecule has 28 heavy (non-hydrogen) atoms. The van der Waals surface area contributed by atoms with E-state index in [0.717, 1.165) is 37.6 Å². The van der Waals surface area contributed by atoms with E-state index in [1.54, 1.807) is 6.20 Å². The van der Waals surface area contributed by atoms with Gasteiger partial charge in [0.05, 0.1) is 6.54 Å². The molecule has 4 rings (SSSR count). The van der Waals surface area contributed by atoms with Gasteiger partial charge in [-0.1, -0.05) is 0 Å². The average molecular weight is 384 g/mol. The van der Waals surface area contributed by atoms with Gasteiger partial charge in [-0.15, -0.1) is 0 Å². The van der Waals surface area contributed by atoms with Crippen LogP contribution in [0, 0.1) is 11.6 Å². The summed E-state index contributed by atoms with van der Waals surface area (Å²) in [4.78, 5) is 21.9. The maximum atomic E-state index is 13.2. The Kier molecular flexibility index (Phi) is 5.34. The zero-order chi connectivity index (χ0) is 19.5. The number of H-pyrrole nitrogens is 1. The summed E-state index contributed by atoms with van der Waals surface area (Å²) in [6, 6.07) is 7.31. The molecule has 2 aromatic heterocycles. The van der Waals surface area contributed by atoms with Gasteiger partial charge >= 0.3 is 0 Å². The number of aromatic nitrogens is 2. The molecule has 3 aromatic rings. The lowest BCUT2D eigenvalue weighted by Crippen LogP contribution is -2.41. The van der Waals surface area contributed by atoms with Crippen molar-refractivity contribution in [1.29, 1.82) is 0 Å². The fraction of sp³-hybridized carbons (Fsp3) is 0.333. The highest BCUT2D eigenvalue weighted by molar-refractivity contribution is 5.80. The van der Waals surface area contributed by atoms with Gasteiger partial charge < -0.3 is 10.3 Å². The van der Waals surface area contributed by atoms with Crippen molar-refractivity contribution in [3.05, 3.63) is 65.5 Å². The third-order valence-corrected chi connectivity index (χ3v) is 5.29. The zero-order valence-electron chi connectivity index (χ0n) is 15.4. The van der Waals surface area contributed by atoms with E-state index in [1.165, 1.54) is 23.1 Å². The number of piperidine rings is 1. The normalized spacial score (nSPS) is 15.8. The van der Waals surface area contributed by atoms with Crippen LogP contribution in [-0.4, -0.2) is 40.4 Å². The molecule has 146 valence electrons. The third-order valence-electron chi connectivity index (χ3n) is 5.29. The third kappa shape index (κ3) is 4.20. The SMILES string of the molecule is O=C(CN1CCC(c2c[nH]c3ncccc23)CC1)NCc1cc(F)cc(F)c1. The van der Waals surface area contributed by atoms with Crippen LogP contribution < -0.4 is 5.32 Å². The summed E-state index contributed by atoms with van der Waals surface area (Å²) in [5, 5.41) is 3.90. The maximum Gasteiger partial charge on any atom is 0.234 e. The van der Waals surface area contributed by atoms with Crippen LogP contribution in [0.4, 0.5) is 8.78 Å². The van der Waals surface area contributed by atoms with Gasteiger partial charge in [0.25, 0.3) is 0 Å². The molecule has 3 heterocycles. The van der Waals surface area contributed by atoms with Gasteiger partial charge in [0.1, 0.15) is 17.3 Å². The van der Waals surface area contributed by atoms with Gasteiger partial charge in [0, 0.05) is 30.4 Å². The summed E-state index contributed by atoms with van der Waals surface area (Å²) in [5.41, 5.74) is 2.62. The van der Waals surface area contributed by atoms with Crippen LogP contribution in [0.3, 0.4) is 0 Å². The molecular weight excluding hydrogens is 362 g/mol. The highest BCUT2D eigenvalue weighted by atomic mass is 19.1. The van der Waals surface area contributed by atoms with E-state index in [0.29, 0.717) is 18.0 Å². The molecule has 1 aromatic carbocycles. The summed E-state index contributed by atoms with van der Waals surface area (Å²) >= 11 is 0. The van der Waals surface area contributed by atoms with Crippen molar-refractivity contribution in [2.75, 3.05) is 19.6 Å². The lowest BCUT2D eigenvalue weighted by Gasteiger charge is -2.31. The first-order chi connectivity index (χ1) is 13.6. The first-order valence-electron chi connectivity index (χ1n) is 9.44. The van der Waals surface area contributed by atoms with Gasteiger partial charge in [-0.25, -0.2) is 13.8 Å². The van der Waals surface area contributed by atoms with E-state index < -0.39 is 11.6 Å². The summed E-state index contributed by atoms with van der Waals surface area (Å²) in [6.07, 6.45) is 5.78. The highest BCUT2D eigenvalue weighted by Gasteiger charge is 2.24. The Hall–Kier alpha value is -2.80. The molecule has 0 spiro atoms. The number of carbonyl (C=O) groups excluding carboxylic acids is 1. The van der Waals surface area contributed by atoms with Gasteiger partial charge in [-0.3, -0.25) is 9.69 Å². The van der Waals surface area contributed by atoms with Crippen molar-refractivity contribution >= 4 is 16.9 Å². The van der Waals surface area contributed by atoms with Gasteiger partial charge in [0.15, 0.2) is 0 Å². The van der Waals surface area contributed by atoms with Gasteiger partial charge in [-0.2, -0.15) is 0 Å². The Morgan fingerprint density at radius 3 is 2.71 bits per heavy atom. The number of hydrogen-bond donors (Lipinski definition) is 2. The molecule has 5 nitrogen and oxygen atoms in total. The minimum Gasteiger partial charge on any atom is -0.351 e. The van der Waals surface area contributed by atoms with E-state index in [1.807, 2.05) is 12.3 Å². The second-order valence-corrected chi connectivity index (χ2v) is 7.25. The molecule has 0 aliphatic carbocycles. The lowest BCUT2D eigenvalue weighted by molar-refractivity contribution is -0.122. The molecule has 0 unspecified atom stereocenters. The number of aromatic amines is 1. The Balaban J connectivity index is 1.27. The number of halogens is 2. The number of fused-ring (bicyclic) bond motifs is 1. The van der Waals surface area contributed by atoms with Crippen LogP contribution >= 0.6 is 0 Å². The van der Waals surface area contributed by atoms with Crippen molar-refractivity contribution in [3.63, 3.8) is 0 Å². The maximum absolute atomic E-state index is 13.2. The van der Waals surface area contributed by atoms with E-state index >= 15 is 0 Å². The number of pyridine rings is 1. The van der Waals surface area contributed by atoms with Crippen LogP contribution in [0.2, 0.25) is 0 Å². The van der Waals surface area contributed by atoms with Gasteiger partial charge in [-0.05, 0) is 67.2 Å². The standard InChI is InChI=1S/C21H22F2N4O/c22-16-8-14(9-17(23)10-16)11-25-20(28)13-27-6-3-15(4-7-27)19-12-26-21-18(19)2-1-5-24-21/h1-2,5,8-10,12,15H,3-4,6-7,11,13H2,(H,24,26)(H,25,28). The molecule has 0 bridgehead atoms. The molecule has 0 atom stereocenters. The second-order valence-electron chi connectivity index (χ2n) is 7.25. The predicted octanol–water partition coefficient (Wildman–Crippen LogP) is 3.34. The molecule has 1 aliphatic heterocycles. The molecule has 1 aliphatic rings. The molecule has 1 saturated heterocycles. The molecule has 0 radical (unpaired) electrons. The number of carbonyl (C=O) groups is 1. The van der Waals surface area contributed by atoms with Crippen LogP contribution in [0.15, 0.2) is 42.7 Å². The number of amides is 1. The monoisotopic (exact) mass is 384 g/mol. The van der Waals surface area contributed by atoms with Crippen molar-refractivity contribution in [3.8, 4) is 0 Å². The largest absolute Gasteiger partial charge is 0.351 e. The van der Waals surface area contributed by atoms with Crippen molar-refractivity contribution in [1.82, 2.24) is 20.2 Å². The van der Waals surface area contributed by atoms with E-state index in [4.69, 9.17) is 0 Å². The first-order valence-corrected chi connectivity index (χ1v) is 9.44. The van der Waals surface area contributed by atoms with E-state index in [-0.39, 0.29) is 12.5 Å². The molecule has 2 N–H and O–H groups in total. The molecule has 1 amide bonds. The van der Waals surface area contributed by atoms with Crippen molar-refractivity contribution < 1.29 is 13.6 Å². The van der Waals surface area contributed by atoms with Gasteiger partial charge in [0.2, 0.25) is 5.91 Å². The lowest BCUT2D eigenvalue weighted by atomic mass is 9.89. The summed E-state index contributed by atoms with van der Waals surface area (Å²) < 4.78 is 26.4. The van der Waals surface area contributed by atoms with Crippen LogP contribution in [0.5, 0.6) is 0 Å². The Morgan fingerprint density at radius 1 is 1.21 bits per heavy atom. The Labute approximate surface area is 161 Å². The second kappa shape index (κ2) is 8.06. The topological polar surface area (TPSA) is 61.0 Å². The zero-order valence-corrected chi connectivity index (χ0v) is 15.4. The number of hydrogen-bond acceptors (Lipinski definition) is 3. The van der Waals surface area contributed by atoms with E-state index in [9.17, 15) is 13.6 Å². The molecule has 0 saturated carbocycles. The summed E-state index contributed by atoms with van der Waals surface area (Å²) in [6.45, 7) is 2.07. The fourth-order valence-electron chi connectivity index (χ4n) is 3.89. The number of nitrogens with one attached hydrogen (secondary N) is 2. The van der Waals surface area contributed by atoms with Crippen LogP contribution in [-0.2, 0) is 11.3 Å². The number of benzene rings is 1. The summed E-state index contributed by atoms with van der Waals surface area (Å²) in [7, 11) is 0. The summed E-state index contributed by atoms with van der Waals surface area (Å²) in [5.74, 6) is -0.968. The molecule has 1 fully saturated rings. The number of nitrogens with zero attached hydrogens (tertiary/aromatic N) is 2. The Bertz CT molecular complexity index is 959. The minimum absolute atomic E-state index is 0.117. The number of likely N-dealkylation sites (tertiary alicyclic amines) is 1. The predicted molar refractivity (Wildman–Crippen MR) is 103 cm³/mol. The molecule has 7 heteroatoms. The van der Waals surface area contributed by atoms with Crippen LogP contribution in [0.1, 0.15) is 29.9 Å². The molecular formula is C21H22F2N4O. The average Bonchev–Trinajstić information content (AvgIpc) is 3.10.